The Morgan fingerprint density at radius 2 is 2.10 bits per heavy atom. The van der Waals surface area contributed by atoms with E-state index in [1.807, 2.05) is 12.1 Å². The Kier molecular flexibility index (Phi) is 4.86. The van der Waals surface area contributed by atoms with Crippen LogP contribution in [0.3, 0.4) is 0 Å². The Labute approximate surface area is 117 Å². The summed E-state index contributed by atoms with van der Waals surface area (Å²) >= 11 is 0. The van der Waals surface area contributed by atoms with E-state index in [2.05, 4.69) is 10.4 Å². The average molecular weight is 274 g/mol. The Morgan fingerprint density at radius 3 is 2.75 bits per heavy atom. The van der Waals surface area contributed by atoms with Gasteiger partial charge in [0, 0.05) is 31.5 Å². The molecule has 0 spiro atoms. The molecule has 1 aromatic heterocycles. The van der Waals surface area contributed by atoms with Crippen LogP contribution >= 0.6 is 0 Å². The first-order valence-corrected chi connectivity index (χ1v) is 6.35. The van der Waals surface area contributed by atoms with E-state index >= 15 is 0 Å². The molecule has 2 rings (SSSR count). The summed E-state index contributed by atoms with van der Waals surface area (Å²) in [4.78, 5) is 12.0. The number of ether oxygens (including phenoxy) is 1. The molecule has 106 valence electrons. The Balaban J connectivity index is 1.97. The van der Waals surface area contributed by atoms with Crippen LogP contribution in [0.2, 0.25) is 0 Å². The van der Waals surface area contributed by atoms with Crippen molar-refractivity contribution in [3.8, 4) is 0 Å². The van der Waals surface area contributed by atoms with E-state index in [1.165, 1.54) is 0 Å². The third-order valence-electron chi connectivity index (χ3n) is 2.86. The molecule has 1 amide bonds. The van der Waals surface area contributed by atoms with Crippen molar-refractivity contribution in [2.75, 3.05) is 19.0 Å². The molecular weight excluding hydrogens is 256 g/mol. The second-order valence-electron chi connectivity index (χ2n) is 4.31. The number of carbonyl (C=O) groups excluding carboxylic acids is 1. The predicted molar refractivity (Wildman–Crippen MR) is 76.4 cm³/mol. The number of carbonyl (C=O) groups is 1. The molecule has 0 fully saturated rings. The van der Waals surface area contributed by atoms with Crippen LogP contribution in [0.25, 0.3) is 0 Å². The van der Waals surface area contributed by atoms with E-state index in [9.17, 15) is 4.79 Å². The summed E-state index contributed by atoms with van der Waals surface area (Å²) in [5.74, 6) is 0.333. The normalized spacial score (nSPS) is 10.5. The van der Waals surface area contributed by atoms with Crippen LogP contribution in [-0.4, -0.2) is 29.4 Å². The van der Waals surface area contributed by atoms with Gasteiger partial charge in [-0.1, -0.05) is 12.1 Å². The van der Waals surface area contributed by atoms with Crippen molar-refractivity contribution in [2.45, 2.75) is 13.1 Å². The molecule has 0 saturated carbocycles. The van der Waals surface area contributed by atoms with Crippen LogP contribution in [0.1, 0.15) is 15.9 Å². The summed E-state index contributed by atoms with van der Waals surface area (Å²) in [5, 5.41) is 6.98. The van der Waals surface area contributed by atoms with Gasteiger partial charge in [-0.15, -0.1) is 0 Å². The fourth-order valence-electron chi connectivity index (χ4n) is 1.72. The highest BCUT2D eigenvalue weighted by Gasteiger charge is 2.07. The molecule has 0 aliphatic carbocycles. The van der Waals surface area contributed by atoms with Gasteiger partial charge in [-0.3, -0.25) is 9.48 Å². The van der Waals surface area contributed by atoms with Crippen molar-refractivity contribution >= 4 is 11.7 Å². The number of hydrogen-bond donors (Lipinski definition) is 2. The number of hydrogen-bond acceptors (Lipinski definition) is 4. The van der Waals surface area contributed by atoms with E-state index < -0.39 is 0 Å². The number of nitrogens with one attached hydrogen (secondary N) is 1. The Bertz CT molecular complexity index is 563. The first-order chi connectivity index (χ1) is 9.72. The number of rotatable bonds is 6. The van der Waals surface area contributed by atoms with E-state index in [4.69, 9.17) is 10.5 Å². The maximum Gasteiger partial charge on any atom is 0.256 e. The number of amides is 1. The van der Waals surface area contributed by atoms with Gasteiger partial charge in [-0.25, -0.2) is 0 Å². The third kappa shape index (κ3) is 3.66. The third-order valence-corrected chi connectivity index (χ3v) is 2.86. The topological polar surface area (TPSA) is 82.2 Å². The molecule has 0 radical (unpaired) electrons. The predicted octanol–water partition coefficient (Wildman–Crippen LogP) is 1.24. The Morgan fingerprint density at radius 1 is 1.35 bits per heavy atom. The number of nitrogens with zero attached hydrogens (tertiary/aromatic N) is 2. The highest BCUT2D eigenvalue weighted by molar-refractivity contribution is 6.03. The summed E-state index contributed by atoms with van der Waals surface area (Å²) in [6.07, 6.45) is 1.80. The molecule has 1 heterocycles. The van der Waals surface area contributed by atoms with Crippen LogP contribution in [-0.2, 0) is 17.8 Å². The van der Waals surface area contributed by atoms with Crippen molar-refractivity contribution in [2.24, 2.45) is 5.73 Å². The first kappa shape index (κ1) is 14.2. The molecule has 0 bridgehead atoms. The lowest BCUT2D eigenvalue weighted by molar-refractivity contribution is 0.102. The number of aromatic nitrogens is 2. The summed E-state index contributed by atoms with van der Waals surface area (Å²) in [7, 11) is 1.64. The monoisotopic (exact) mass is 274 g/mol. The van der Waals surface area contributed by atoms with Crippen molar-refractivity contribution in [1.29, 1.82) is 0 Å². The van der Waals surface area contributed by atoms with Crippen LogP contribution in [0, 0.1) is 0 Å². The van der Waals surface area contributed by atoms with Gasteiger partial charge in [0.2, 0.25) is 0 Å². The maximum atomic E-state index is 12.0. The average Bonchev–Trinajstić information content (AvgIpc) is 2.92. The lowest BCUT2D eigenvalue weighted by atomic mass is 10.1. The van der Waals surface area contributed by atoms with Gasteiger partial charge in [-0.2, -0.15) is 5.10 Å². The zero-order valence-electron chi connectivity index (χ0n) is 11.4. The van der Waals surface area contributed by atoms with Crippen LogP contribution in [0.5, 0.6) is 0 Å². The smallest absolute Gasteiger partial charge is 0.256 e. The minimum Gasteiger partial charge on any atom is -0.383 e. The number of benzene rings is 1. The second kappa shape index (κ2) is 6.83. The highest BCUT2D eigenvalue weighted by atomic mass is 16.5. The first-order valence-electron chi connectivity index (χ1n) is 6.35. The molecule has 6 heteroatoms. The number of anilines is 1. The fraction of sp³-hybridized carbons (Fsp3) is 0.286. The SMILES string of the molecule is COCCn1ccc(NC(=O)c2ccc(CN)cc2)n1. The van der Waals surface area contributed by atoms with E-state index in [-0.39, 0.29) is 5.91 Å². The summed E-state index contributed by atoms with van der Waals surface area (Å²) < 4.78 is 6.69. The highest BCUT2D eigenvalue weighted by Crippen LogP contribution is 2.08. The van der Waals surface area contributed by atoms with Gasteiger partial charge in [0.15, 0.2) is 5.82 Å². The second-order valence-corrected chi connectivity index (χ2v) is 4.31. The zero-order valence-corrected chi connectivity index (χ0v) is 11.4. The lowest BCUT2D eigenvalue weighted by Crippen LogP contribution is -2.13. The van der Waals surface area contributed by atoms with Crippen molar-refractivity contribution < 1.29 is 9.53 Å². The van der Waals surface area contributed by atoms with Crippen molar-refractivity contribution in [1.82, 2.24) is 9.78 Å². The van der Waals surface area contributed by atoms with Gasteiger partial charge in [0.05, 0.1) is 13.2 Å². The molecule has 3 N–H and O–H groups in total. The molecule has 0 unspecified atom stereocenters. The molecule has 0 atom stereocenters. The van der Waals surface area contributed by atoms with Crippen molar-refractivity contribution in [3.05, 3.63) is 47.7 Å². The van der Waals surface area contributed by atoms with E-state index in [0.717, 1.165) is 5.56 Å². The van der Waals surface area contributed by atoms with Gasteiger partial charge in [0.1, 0.15) is 0 Å². The minimum atomic E-state index is -0.189. The van der Waals surface area contributed by atoms with Crippen LogP contribution in [0.15, 0.2) is 36.5 Å². The van der Waals surface area contributed by atoms with Crippen molar-refractivity contribution in [3.63, 3.8) is 0 Å². The molecular formula is C14H18N4O2. The number of methoxy groups -OCH3 is 1. The maximum absolute atomic E-state index is 12.0. The van der Waals surface area contributed by atoms with Crippen LogP contribution < -0.4 is 11.1 Å². The van der Waals surface area contributed by atoms with Gasteiger partial charge >= 0.3 is 0 Å². The van der Waals surface area contributed by atoms with Gasteiger partial charge < -0.3 is 15.8 Å². The summed E-state index contributed by atoms with van der Waals surface area (Å²) in [5.41, 5.74) is 7.09. The molecule has 20 heavy (non-hydrogen) atoms. The molecule has 1 aromatic carbocycles. The largest absolute Gasteiger partial charge is 0.383 e. The van der Waals surface area contributed by atoms with Crippen LogP contribution in [0.4, 0.5) is 5.82 Å². The van der Waals surface area contributed by atoms with Gasteiger partial charge in [-0.05, 0) is 17.7 Å². The minimum absolute atomic E-state index is 0.189. The van der Waals surface area contributed by atoms with E-state index in [1.54, 1.807) is 36.2 Å². The van der Waals surface area contributed by atoms with Gasteiger partial charge in [0.25, 0.3) is 5.91 Å². The Hall–Kier alpha value is -2.18. The lowest BCUT2D eigenvalue weighted by Gasteiger charge is -2.03. The van der Waals surface area contributed by atoms with E-state index in [0.29, 0.717) is 31.1 Å². The summed E-state index contributed by atoms with van der Waals surface area (Å²) in [6, 6.07) is 8.93. The zero-order chi connectivity index (χ0) is 14.4. The fourth-order valence-corrected chi connectivity index (χ4v) is 1.72. The number of nitrogens with two attached hydrogens (primary N) is 1. The molecule has 6 nitrogen and oxygen atoms in total. The quantitative estimate of drug-likeness (QED) is 0.830. The standard InChI is InChI=1S/C14H18N4O2/c1-20-9-8-18-7-6-13(17-18)16-14(19)12-4-2-11(10-15)3-5-12/h2-7H,8-10,15H2,1H3,(H,16,17,19). The molecule has 2 aromatic rings. The molecule has 0 aliphatic rings. The molecule has 0 saturated heterocycles. The summed E-state index contributed by atoms with van der Waals surface area (Å²) in [6.45, 7) is 1.69. The molecule has 0 aliphatic heterocycles.